The van der Waals surface area contributed by atoms with Gasteiger partial charge < -0.3 is 10.1 Å². The molecule has 114 valence electrons. The smallest absolute Gasteiger partial charge is 0.261 e. The third-order valence-corrected chi connectivity index (χ3v) is 3.52. The minimum atomic E-state index is -0.381. The molecule has 0 saturated carbocycles. The molecular formula is C15H12Cl2N2O2S. The van der Waals surface area contributed by atoms with E-state index in [0.717, 1.165) is 0 Å². The van der Waals surface area contributed by atoms with Crippen LogP contribution in [-0.2, 0) is 0 Å². The van der Waals surface area contributed by atoms with Crippen LogP contribution in [0.25, 0.3) is 0 Å². The van der Waals surface area contributed by atoms with Gasteiger partial charge in [-0.25, -0.2) is 0 Å². The number of methoxy groups -OCH3 is 1. The minimum absolute atomic E-state index is 0.111. The lowest BCUT2D eigenvalue weighted by atomic mass is 10.2. The van der Waals surface area contributed by atoms with Crippen LogP contribution in [0.2, 0.25) is 10.0 Å². The first-order valence-electron chi connectivity index (χ1n) is 6.21. The molecule has 2 rings (SSSR count). The number of ether oxygens (including phenoxy) is 1. The lowest BCUT2D eigenvalue weighted by molar-refractivity contribution is 0.0975. The number of carbonyl (C=O) groups excluding carboxylic acids is 1. The summed E-state index contributed by atoms with van der Waals surface area (Å²) < 4.78 is 5.14. The van der Waals surface area contributed by atoms with Crippen LogP contribution in [0.1, 0.15) is 10.4 Å². The molecule has 2 aromatic rings. The fourth-order valence-electron chi connectivity index (χ4n) is 1.75. The maximum atomic E-state index is 12.2. The van der Waals surface area contributed by atoms with E-state index >= 15 is 0 Å². The Hall–Kier alpha value is -1.82. The Bertz CT molecular complexity index is 722. The molecule has 0 bridgehead atoms. The van der Waals surface area contributed by atoms with Crippen molar-refractivity contribution in [3.8, 4) is 5.75 Å². The fraction of sp³-hybridized carbons (Fsp3) is 0.0667. The van der Waals surface area contributed by atoms with Crippen LogP contribution in [0.15, 0.2) is 42.5 Å². The van der Waals surface area contributed by atoms with Crippen molar-refractivity contribution in [1.82, 2.24) is 5.32 Å². The van der Waals surface area contributed by atoms with Crippen molar-refractivity contribution in [2.45, 2.75) is 0 Å². The molecule has 0 spiro atoms. The summed E-state index contributed by atoms with van der Waals surface area (Å²) in [6, 6.07) is 11.8. The number of thiocarbonyl (C=S) groups is 1. The molecular weight excluding hydrogens is 343 g/mol. The average molecular weight is 355 g/mol. The zero-order valence-electron chi connectivity index (χ0n) is 11.5. The zero-order chi connectivity index (χ0) is 16.1. The number of halogens is 2. The van der Waals surface area contributed by atoms with Gasteiger partial charge in [0.1, 0.15) is 5.75 Å². The van der Waals surface area contributed by atoms with Crippen molar-refractivity contribution in [2.24, 2.45) is 0 Å². The number of amides is 1. The maximum Gasteiger partial charge on any atom is 0.261 e. The first-order chi connectivity index (χ1) is 10.5. The van der Waals surface area contributed by atoms with Gasteiger partial charge in [-0.15, -0.1) is 0 Å². The lowest BCUT2D eigenvalue weighted by Crippen LogP contribution is -2.34. The summed E-state index contributed by atoms with van der Waals surface area (Å²) in [7, 11) is 1.49. The topological polar surface area (TPSA) is 50.4 Å². The SMILES string of the molecule is COc1ccccc1C(=O)NC(=S)Nc1cc(Cl)ccc1Cl. The molecule has 0 aliphatic carbocycles. The van der Waals surface area contributed by atoms with Gasteiger partial charge in [0.2, 0.25) is 0 Å². The highest BCUT2D eigenvalue weighted by Crippen LogP contribution is 2.25. The number of para-hydroxylation sites is 1. The third-order valence-electron chi connectivity index (χ3n) is 2.76. The van der Waals surface area contributed by atoms with E-state index < -0.39 is 0 Å². The van der Waals surface area contributed by atoms with Crippen molar-refractivity contribution in [3.05, 3.63) is 58.1 Å². The monoisotopic (exact) mass is 354 g/mol. The second-order valence-electron chi connectivity index (χ2n) is 4.23. The Morgan fingerprint density at radius 1 is 1.18 bits per heavy atom. The first kappa shape index (κ1) is 16.5. The summed E-state index contributed by atoms with van der Waals surface area (Å²) in [6.45, 7) is 0. The van der Waals surface area contributed by atoms with Gasteiger partial charge in [-0.05, 0) is 42.5 Å². The molecule has 0 fully saturated rings. The van der Waals surface area contributed by atoms with Gasteiger partial charge in [-0.1, -0.05) is 35.3 Å². The van der Waals surface area contributed by atoms with E-state index in [9.17, 15) is 4.79 Å². The number of hydrogen-bond donors (Lipinski definition) is 2. The number of carbonyl (C=O) groups is 1. The molecule has 0 unspecified atom stereocenters. The van der Waals surface area contributed by atoms with Crippen molar-refractivity contribution in [3.63, 3.8) is 0 Å². The molecule has 0 aliphatic heterocycles. The van der Waals surface area contributed by atoms with Crippen LogP contribution in [0.3, 0.4) is 0 Å². The molecule has 22 heavy (non-hydrogen) atoms. The molecule has 0 aromatic heterocycles. The van der Waals surface area contributed by atoms with Crippen LogP contribution < -0.4 is 15.4 Å². The number of anilines is 1. The third kappa shape index (κ3) is 4.10. The van der Waals surface area contributed by atoms with Crippen molar-refractivity contribution in [2.75, 3.05) is 12.4 Å². The number of benzene rings is 2. The molecule has 4 nitrogen and oxygen atoms in total. The Morgan fingerprint density at radius 2 is 1.91 bits per heavy atom. The second kappa shape index (κ2) is 7.45. The Kier molecular flexibility index (Phi) is 5.60. The van der Waals surface area contributed by atoms with Crippen LogP contribution in [0.5, 0.6) is 5.75 Å². The number of hydrogen-bond acceptors (Lipinski definition) is 3. The van der Waals surface area contributed by atoms with E-state index in [1.165, 1.54) is 7.11 Å². The van der Waals surface area contributed by atoms with E-state index in [2.05, 4.69) is 10.6 Å². The van der Waals surface area contributed by atoms with Crippen LogP contribution in [-0.4, -0.2) is 18.1 Å². The van der Waals surface area contributed by atoms with Crippen LogP contribution >= 0.6 is 35.4 Å². The second-order valence-corrected chi connectivity index (χ2v) is 5.48. The van der Waals surface area contributed by atoms with Gasteiger partial charge in [0.25, 0.3) is 5.91 Å². The highest BCUT2D eigenvalue weighted by atomic mass is 35.5. The van der Waals surface area contributed by atoms with E-state index in [-0.39, 0.29) is 11.0 Å². The largest absolute Gasteiger partial charge is 0.496 e. The quantitative estimate of drug-likeness (QED) is 0.813. The Labute approximate surface area is 143 Å². The Balaban J connectivity index is 2.08. The highest BCUT2D eigenvalue weighted by molar-refractivity contribution is 7.80. The standard InChI is InChI=1S/C15H12Cl2N2O2S/c1-21-13-5-3-2-4-10(13)14(20)19-15(22)18-12-8-9(16)6-7-11(12)17/h2-8H,1H3,(H2,18,19,20,22). The Morgan fingerprint density at radius 3 is 2.64 bits per heavy atom. The molecule has 2 aromatic carbocycles. The molecule has 0 heterocycles. The molecule has 1 amide bonds. The number of nitrogens with one attached hydrogen (secondary N) is 2. The van der Waals surface area contributed by atoms with Crippen LogP contribution in [0, 0.1) is 0 Å². The van der Waals surface area contributed by atoms with Gasteiger partial charge in [0, 0.05) is 5.02 Å². The van der Waals surface area contributed by atoms with Gasteiger partial charge in [-0.3, -0.25) is 10.1 Å². The first-order valence-corrected chi connectivity index (χ1v) is 7.38. The molecule has 2 N–H and O–H groups in total. The molecule has 0 aliphatic rings. The zero-order valence-corrected chi connectivity index (χ0v) is 13.9. The van der Waals surface area contributed by atoms with E-state index in [4.69, 9.17) is 40.2 Å². The normalized spacial score (nSPS) is 9.95. The van der Waals surface area contributed by atoms with E-state index in [1.54, 1.807) is 42.5 Å². The highest BCUT2D eigenvalue weighted by Gasteiger charge is 2.13. The summed E-state index contributed by atoms with van der Waals surface area (Å²) in [5.41, 5.74) is 0.894. The van der Waals surface area contributed by atoms with Crippen LogP contribution in [0.4, 0.5) is 5.69 Å². The summed E-state index contributed by atoms with van der Waals surface area (Å²) >= 11 is 17.0. The van der Waals surface area contributed by atoms with Gasteiger partial charge >= 0.3 is 0 Å². The molecule has 0 radical (unpaired) electrons. The predicted molar refractivity (Wildman–Crippen MR) is 93.1 cm³/mol. The van der Waals surface area contributed by atoms with Gasteiger partial charge in [0.05, 0.1) is 23.4 Å². The van der Waals surface area contributed by atoms with Crippen molar-refractivity contribution < 1.29 is 9.53 Å². The van der Waals surface area contributed by atoms with Crippen molar-refractivity contribution in [1.29, 1.82) is 0 Å². The predicted octanol–water partition coefficient (Wildman–Crippen LogP) is 4.13. The summed E-state index contributed by atoms with van der Waals surface area (Å²) in [4.78, 5) is 12.2. The maximum absolute atomic E-state index is 12.2. The van der Waals surface area contributed by atoms with E-state index in [0.29, 0.717) is 27.0 Å². The van der Waals surface area contributed by atoms with E-state index in [1.807, 2.05) is 0 Å². The van der Waals surface area contributed by atoms with Gasteiger partial charge in [-0.2, -0.15) is 0 Å². The minimum Gasteiger partial charge on any atom is -0.496 e. The average Bonchev–Trinajstić information content (AvgIpc) is 2.50. The number of rotatable bonds is 3. The summed E-state index contributed by atoms with van der Waals surface area (Å²) in [5.74, 6) is 0.0803. The van der Waals surface area contributed by atoms with Gasteiger partial charge in [0.15, 0.2) is 5.11 Å². The fourth-order valence-corrected chi connectivity index (χ4v) is 2.29. The molecule has 7 heteroatoms. The molecule has 0 atom stereocenters. The summed E-state index contributed by atoms with van der Waals surface area (Å²) in [6.07, 6.45) is 0. The molecule has 0 saturated heterocycles. The van der Waals surface area contributed by atoms with Crippen molar-refractivity contribution >= 4 is 52.1 Å². The lowest BCUT2D eigenvalue weighted by Gasteiger charge is -2.12. The summed E-state index contributed by atoms with van der Waals surface area (Å²) in [5, 5.41) is 6.46.